The minimum atomic E-state index is -0.960. The van der Waals surface area contributed by atoms with Crippen LogP contribution in [0.15, 0.2) is 30.9 Å². The summed E-state index contributed by atoms with van der Waals surface area (Å²) in [6.07, 6.45) is 5.14. The Labute approximate surface area is 117 Å². The van der Waals surface area contributed by atoms with Crippen LogP contribution in [0, 0.1) is 12.8 Å². The minimum absolute atomic E-state index is 0.247. The topological polar surface area (TPSA) is 50.9 Å². The molecule has 0 bridgehead atoms. The van der Waals surface area contributed by atoms with Gasteiger partial charge < -0.3 is 5.11 Å². The second kappa shape index (κ2) is 4.62. The summed E-state index contributed by atoms with van der Waals surface area (Å²) in [6, 6.07) is 5.80. The molecule has 1 N–H and O–H groups in total. The third-order valence-electron chi connectivity index (χ3n) is 3.71. The van der Waals surface area contributed by atoms with Crippen molar-refractivity contribution in [2.45, 2.75) is 31.9 Å². The number of aliphatic hydroxyl groups is 1. The molecule has 100 valence electrons. The summed E-state index contributed by atoms with van der Waals surface area (Å²) in [4.78, 5) is 3.92. The maximum atomic E-state index is 11.1. The molecule has 0 radical (unpaired) electrons. The first-order valence-electron chi connectivity index (χ1n) is 6.41. The summed E-state index contributed by atoms with van der Waals surface area (Å²) in [5.74, 6) is 0.247. The third-order valence-corrected chi connectivity index (χ3v) is 4.03. The lowest BCUT2D eigenvalue weighted by molar-refractivity contribution is -0.00766. The molecule has 19 heavy (non-hydrogen) atoms. The van der Waals surface area contributed by atoms with Crippen molar-refractivity contribution < 1.29 is 5.11 Å². The van der Waals surface area contributed by atoms with Crippen LogP contribution >= 0.6 is 11.6 Å². The average molecular weight is 278 g/mol. The Morgan fingerprint density at radius 3 is 2.84 bits per heavy atom. The van der Waals surface area contributed by atoms with Crippen molar-refractivity contribution in [1.82, 2.24) is 14.8 Å². The lowest BCUT2D eigenvalue weighted by atomic mass is 9.88. The van der Waals surface area contributed by atoms with E-state index < -0.39 is 5.60 Å². The molecular formula is C14H16ClN3O. The van der Waals surface area contributed by atoms with Crippen molar-refractivity contribution in [3.05, 3.63) is 47.0 Å². The van der Waals surface area contributed by atoms with Crippen LogP contribution in [-0.4, -0.2) is 19.9 Å². The molecular weight excluding hydrogens is 262 g/mol. The Morgan fingerprint density at radius 1 is 1.47 bits per heavy atom. The smallest absolute Gasteiger partial charge is 0.137 e. The van der Waals surface area contributed by atoms with E-state index in [0.29, 0.717) is 11.6 Å². The zero-order chi connectivity index (χ0) is 13.5. The Morgan fingerprint density at radius 2 is 2.26 bits per heavy atom. The van der Waals surface area contributed by atoms with Crippen molar-refractivity contribution in [1.29, 1.82) is 0 Å². The fourth-order valence-electron chi connectivity index (χ4n) is 2.53. The van der Waals surface area contributed by atoms with Crippen LogP contribution < -0.4 is 0 Å². The maximum absolute atomic E-state index is 11.1. The van der Waals surface area contributed by atoms with Gasteiger partial charge in [-0.2, -0.15) is 5.10 Å². The molecule has 0 spiro atoms. The van der Waals surface area contributed by atoms with E-state index >= 15 is 0 Å². The van der Waals surface area contributed by atoms with Gasteiger partial charge in [-0.1, -0.05) is 23.7 Å². The standard InChI is InChI=1S/C14H16ClN3O/c1-10-2-5-12(13(15)6-10)14(19,11-3-4-11)7-18-9-16-8-17-18/h2,5-6,8-9,11,19H,3-4,7H2,1H3. The zero-order valence-corrected chi connectivity index (χ0v) is 11.5. The van der Waals surface area contributed by atoms with Crippen molar-refractivity contribution in [3.63, 3.8) is 0 Å². The van der Waals surface area contributed by atoms with Gasteiger partial charge in [0.05, 0.1) is 6.54 Å². The number of nitrogens with zero attached hydrogens (tertiary/aromatic N) is 3. The number of hydrogen-bond donors (Lipinski definition) is 1. The van der Waals surface area contributed by atoms with Crippen LogP contribution in [0.3, 0.4) is 0 Å². The monoisotopic (exact) mass is 277 g/mol. The van der Waals surface area contributed by atoms with Gasteiger partial charge in [-0.15, -0.1) is 0 Å². The molecule has 5 heteroatoms. The van der Waals surface area contributed by atoms with Gasteiger partial charge in [0, 0.05) is 10.6 Å². The number of hydrogen-bond acceptors (Lipinski definition) is 3. The Balaban J connectivity index is 1.99. The summed E-state index contributed by atoms with van der Waals surface area (Å²) >= 11 is 6.32. The number of benzene rings is 1. The summed E-state index contributed by atoms with van der Waals surface area (Å²) in [5, 5.41) is 15.8. The van der Waals surface area contributed by atoms with Gasteiger partial charge in [-0.25, -0.2) is 9.67 Å². The molecule has 1 heterocycles. The molecule has 1 fully saturated rings. The first-order valence-corrected chi connectivity index (χ1v) is 6.79. The molecule has 0 aliphatic heterocycles. The molecule has 1 unspecified atom stereocenters. The Bertz CT molecular complexity index is 580. The van der Waals surface area contributed by atoms with Gasteiger partial charge in [-0.05, 0) is 37.3 Å². The highest BCUT2D eigenvalue weighted by molar-refractivity contribution is 6.31. The van der Waals surface area contributed by atoms with Gasteiger partial charge >= 0.3 is 0 Å². The lowest BCUT2D eigenvalue weighted by Gasteiger charge is -2.29. The summed E-state index contributed by atoms with van der Waals surface area (Å²) in [5.41, 5.74) is 0.920. The quantitative estimate of drug-likeness (QED) is 0.934. The largest absolute Gasteiger partial charge is 0.383 e. The fraction of sp³-hybridized carbons (Fsp3) is 0.429. The molecule has 1 saturated carbocycles. The first-order chi connectivity index (χ1) is 9.09. The van der Waals surface area contributed by atoms with Crippen molar-refractivity contribution in [2.75, 3.05) is 0 Å². The van der Waals surface area contributed by atoms with E-state index in [1.165, 1.54) is 6.33 Å². The molecule has 0 amide bonds. The molecule has 1 atom stereocenters. The first kappa shape index (κ1) is 12.6. The molecule has 2 aromatic rings. The second-order valence-corrected chi connectivity index (χ2v) is 5.68. The van der Waals surface area contributed by atoms with Crippen LogP contribution in [0.2, 0.25) is 5.02 Å². The van der Waals surface area contributed by atoms with Crippen LogP contribution in [0.4, 0.5) is 0 Å². The summed E-state index contributed by atoms with van der Waals surface area (Å²) in [6.45, 7) is 2.38. The van der Waals surface area contributed by atoms with E-state index in [1.807, 2.05) is 25.1 Å². The van der Waals surface area contributed by atoms with Gasteiger partial charge in [0.2, 0.25) is 0 Å². The number of aryl methyl sites for hydroxylation is 1. The summed E-state index contributed by atoms with van der Waals surface area (Å²) in [7, 11) is 0. The van der Waals surface area contributed by atoms with Gasteiger partial charge in [0.25, 0.3) is 0 Å². The number of rotatable bonds is 4. The van der Waals surface area contributed by atoms with E-state index in [1.54, 1.807) is 11.0 Å². The van der Waals surface area contributed by atoms with Crippen LogP contribution in [0.5, 0.6) is 0 Å². The maximum Gasteiger partial charge on any atom is 0.137 e. The minimum Gasteiger partial charge on any atom is -0.383 e. The molecule has 0 saturated heterocycles. The predicted octanol–water partition coefficient (Wildman–Crippen LogP) is 2.54. The van der Waals surface area contributed by atoms with Gasteiger partial charge in [-0.3, -0.25) is 0 Å². The predicted molar refractivity (Wildman–Crippen MR) is 72.8 cm³/mol. The zero-order valence-electron chi connectivity index (χ0n) is 10.8. The normalized spacial score (nSPS) is 18.3. The van der Waals surface area contributed by atoms with Crippen molar-refractivity contribution in [3.8, 4) is 0 Å². The van der Waals surface area contributed by atoms with Gasteiger partial charge in [0.1, 0.15) is 18.3 Å². The number of aromatic nitrogens is 3. The molecule has 1 aromatic carbocycles. The molecule has 1 aliphatic rings. The van der Waals surface area contributed by atoms with E-state index in [9.17, 15) is 5.11 Å². The average Bonchev–Trinajstić information content (AvgIpc) is 3.10. The highest BCUT2D eigenvalue weighted by atomic mass is 35.5. The Hall–Kier alpha value is -1.39. The molecule has 3 rings (SSSR count). The fourth-order valence-corrected chi connectivity index (χ4v) is 2.93. The van der Waals surface area contributed by atoms with E-state index in [-0.39, 0.29) is 5.92 Å². The molecule has 4 nitrogen and oxygen atoms in total. The van der Waals surface area contributed by atoms with E-state index in [0.717, 1.165) is 24.0 Å². The molecule has 1 aromatic heterocycles. The van der Waals surface area contributed by atoms with Crippen molar-refractivity contribution >= 4 is 11.6 Å². The van der Waals surface area contributed by atoms with Crippen molar-refractivity contribution in [2.24, 2.45) is 5.92 Å². The Kier molecular flexibility index (Phi) is 3.07. The highest BCUT2D eigenvalue weighted by Gasteiger charge is 2.46. The van der Waals surface area contributed by atoms with Crippen LogP contribution in [0.25, 0.3) is 0 Å². The number of halogens is 1. The lowest BCUT2D eigenvalue weighted by Crippen LogP contribution is -2.34. The van der Waals surface area contributed by atoms with E-state index in [2.05, 4.69) is 10.1 Å². The van der Waals surface area contributed by atoms with E-state index in [4.69, 9.17) is 11.6 Å². The summed E-state index contributed by atoms with van der Waals surface area (Å²) < 4.78 is 1.66. The second-order valence-electron chi connectivity index (χ2n) is 5.27. The highest BCUT2D eigenvalue weighted by Crippen LogP contribution is 2.48. The molecule has 1 aliphatic carbocycles. The SMILES string of the molecule is Cc1ccc(C(O)(Cn2cncn2)C2CC2)c(Cl)c1. The van der Waals surface area contributed by atoms with Gasteiger partial charge in [0.15, 0.2) is 0 Å². The van der Waals surface area contributed by atoms with Crippen LogP contribution in [0.1, 0.15) is 24.0 Å². The van der Waals surface area contributed by atoms with Crippen LogP contribution in [-0.2, 0) is 12.1 Å². The third kappa shape index (κ3) is 2.38.